The summed E-state index contributed by atoms with van der Waals surface area (Å²) in [6.45, 7) is 0. The maximum Gasteiger partial charge on any atom is 0.390 e. The zero-order valence-electron chi connectivity index (χ0n) is 3.37. The second-order valence-corrected chi connectivity index (χ2v) is 1.37. The van der Waals surface area contributed by atoms with Crippen LogP contribution >= 0.6 is 12.6 Å². The van der Waals surface area contributed by atoms with Gasteiger partial charge in [0, 0.05) is 5.75 Å². The molecule has 4 heteroatoms. The van der Waals surface area contributed by atoms with E-state index in [9.17, 15) is 13.2 Å². The van der Waals surface area contributed by atoms with Crippen molar-refractivity contribution in [3.8, 4) is 0 Å². The summed E-state index contributed by atoms with van der Waals surface area (Å²) in [5.74, 6) is 0.778. The molecule has 0 fully saturated rings. The SMILES string of the molecule is FC(F)(F)C[CH]S. The Labute approximate surface area is 45.1 Å². The molecule has 43 valence electrons. The number of alkyl halides is 3. The van der Waals surface area contributed by atoms with E-state index in [0.29, 0.717) is 0 Å². The minimum absolute atomic E-state index is 0.778. The number of hydrogen-bond acceptors (Lipinski definition) is 1. The van der Waals surface area contributed by atoms with E-state index in [-0.39, 0.29) is 0 Å². The molecule has 0 nitrogen and oxygen atoms in total. The van der Waals surface area contributed by atoms with Gasteiger partial charge in [0.2, 0.25) is 0 Å². The Hall–Kier alpha value is 0.140. The molecule has 0 heterocycles. The van der Waals surface area contributed by atoms with E-state index >= 15 is 0 Å². The standard InChI is InChI=1S/C3H4F3S/c4-3(5,6)1-2-7/h2,7H,1H2. The van der Waals surface area contributed by atoms with Crippen molar-refractivity contribution in [3.63, 3.8) is 0 Å². The van der Waals surface area contributed by atoms with Gasteiger partial charge in [0.25, 0.3) is 0 Å². The summed E-state index contributed by atoms with van der Waals surface area (Å²) in [6, 6.07) is 0. The van der Waals surface area contributed by atoms with Crippen LogP contribution in [-0.4, -0.2) is 6.18 Å². The summed E-state index contributed by atoms with van der Waals surface area (Å²) >= 11 is 3.27. The van der Waals surface area contributed by atoms with Crippen molar-refractivity contribution in [1.82, 2.24) is 0 Å². The summed E-state index contributed by atoms with van der Waals surface area (Å²) in [7, 11) is 0. The van der Waals surface area contributed by atoms with E-state index in [4.69, 9.17) is 0 Å². The van der Waals surface area contributed by atoms with Gasteiger partial charge < -0.3 is 0 Å². The third kappa shape index (κ3) is 6.14. The van der Waals surface area contributed by atoms with Crippen molar-refractivity contribution >= 4 is 12.6 Å². The quantitative estimate of drug-likeness (QED) is 0.514. The summed E-state index contributed by atoms with van der Waals surface area (Å²) in [4.78, 5) is 0. The minimum Gasteiger partial charge on any atom is -0.174 e. The van der Waals surface area contributed by atoms with Gasteiger partial charge in [-0.05, 0) is 0 Å². The highest BCUT2D eigenvalue weighted by Crippen LogP contribution is 2.21. The third-order valence-electron chi connectivity index (χ3n) is 0.323. The van der Waals surface area contributed by atoms with E-state index in [1.165, 1.54) is 0 Å². The van der Waals surface area contributed by atoms with Crippen molar-refractivity contribution in [3.05, 3.63) is 5.75 Å². The van der Waals surface area contributed by atoms with Crippen LogP contribution in [0.5, 0.6) is 0 Å². The van der Waals surface area contributed by atoms with Crippen molar-refractivity contribution < 1.29 is 13.2 Å². The summed E-state index contributed by atoms with van der Waals surface area (Å²) < 4.78 is 32.9. The lowest BCUT2D eigenvalue weighted by molar-refractivity contribution is -0.126. The van der Waals surface area contributed by atoms with Crippen molar-refractivity contribution in [2.45, 2.75) is 12.6 Å². The van der Waals surface area contributed by atoms with Gasteiger partial charge in [0.15, 0.2) is 0 Å². The van der Waals surface area contributed by atoms with Gasteiger partial charge in [0.05, 0.1) is 6.42 Å². The zero-order valence-corrected chi connectivity index (χ0v) is 4.26. The van der Waals surface area contributed by atoms with Crippen molar-refractivity contribution in [1.29, 1.82) is 0 Å². The Morgan fingerprint density at radius 1 is 1.43 bits per heavy atom. The van der Waals surface area contributed by atoms with E-state index in [0.717, 1.165) is 5.75 Å². The summed E-state index contributed by atoms with van der Waals surface area (Å²) in [5, 5.41) is 0. The first kappa shape index (κ1) is 7.14. The van der Waals surface area contributed by atoms with Crippen LogP contribution < -0.4 is 0 Å². The molecule has 0 aromatic rings. The highest BCUT2D eigenvalue weighted by molar-refractivity contribution is 7.82. The predicted octanol–water partition coefficient (Wildman–Crippen LogP) is 2.03. The normalized spacial score (nSPS) is 12.0. The molecule has 0 aromatic carbocycles. The fraction of sp³-hybridized carbons (Fsp3) is 0.667. The number of thiol groups is 1. The van der Waals surface area contributed by atoms with Crippen LogP contribution in [0.15, 0.2) is 0 Å². The molecule has 0 N–H and O–H groups in total. The molecule has 0 spiro atoms. The predicted molar refractivity (Wildman–Crippen MR) is 24.0 cm³/mol. The van der Waals surface area contributed by atoms with Crippen LogP contribution in [0.3, 0.4) is 0 Å². The average molecular weight is 129 g/mol. The van der Waals surface area contributed by atoms with E-state index in [1.807, 2.05) is 0 Å². The molecule has 0 atom stereocenters. The first-order chi connectivity index (χ1) is 3.06. The lowest BCUT2D eigenvalue weighted by Gasteiger charge is -1.99. The molecule has 0 saturated heterocycles. The van der Waals surface area contributed by atoms with Crippen LogP contribution in [0.25, 0.3) is 0 Å². The molecule has 0 amide bonds. The van der Waals surface area contributed by atoms with Gasteiger partial charge in [-0.3, -0.25) is 0 Å². The number of hydrogen-bond donors (Lipinski definition) is 1. The minimum atomic E-state index is -4.08. The molecule has 0 rings (SSSR count). The maximum absolute atomic E-state index is 11.0. The van der Waals surface area contributed by atoms with Crippen LogP contribution in [0, 0.1) is 5.75 Å². The van der Waals surface area contributed by atoms with Gasteiger partial charge in [-0.1, -0.05) is 0 Å². The van der Waals surface area contributed by atoms with Gasteiger partial charge in [0.1, 0.15) is 0 Å². The smallest absolute Gasteiger partial charge is 0.174 e. The first-order valence-corrected chi connectivity index (χ1v) is 2.10. The van der Waals surface area contributed by atoms with Crippen LogP contribution in [0.4, 0.5) is 13.2 Å². The first-order valence-electron chi connectivity index (χ1n) is 1.59. The van der Waals surface area contributed by atoms with Gasteiger partial charge >= 0.3 is 6.18 Å². The average Bonchev–Trinajstić information content (AvgIpc) is 1.30. The molecule has 0 aliphatic heterocycles. The monoisotopic (exact) mass is 129 g/mol. The van der Waals surface area contributed by atoms with Crippen LogP contribution in [0.1, 0.15) is 6.42 Å². The summed E-state index contributed by atoms with van der Waals surface area (Å²) in [6.07, 6.45) is -5.00. The highest BCUT2D eigenvalue weighted by atomic mass is 32.1. The second kappa shape index (κ2) is 2.45. The topological polar surface area (TPSA) is 0 Å². The van der Waals surface area contributed by atoms with Crippen molar-refractivity contribution in [2.75, 3.05) is 0 Å². The molecule has 7 heavy (non-hydrogen) atoms. The number of rotatable bonds is 1. The molecule has 0 saturated carbocycles. The zero-order chi connectivity index (χ0) is 5.91. The van der Waals surface area contributed by atoms with E-state index in [1.54, 1.807) is 0 Å². The Bertz CT molecular complexity index is 48.6. The fourth-order valence-corrected chi connectivity index (χ4v) is 0.311. The Morgan fingerprint density at radius 3 is 1.86 bits per heavy atom. The molecule has 0 unspecified atom stereocenters. The molecule has 1 radical (unpaired) electrons. The lowest BCUT2D eigenvalue weighted by atomic mass is 10.5. The van der Waals surface area contributed by atoms with Gasteiger partial charge in [-0.2, -0.15) is 25.8 Å². The Kier molecular flexibility index (Phi) is 2.50. The highest BCUT2D eigenvalue weighted by Gasteiger charge is 2.25. The van der Waals surface area contributed by atoms with Gasteiger partial charge in [-0.15, -0.1) is 0 Å². The Morgan fingerprint density at radius 2 is 1.86 bits per heavy atom. The third-order valence-corrected chi connectivity index (χ3v) is 0.505. The second-order valence-electron chi connectivity index (χ2n) is 1.00. The lowest BCUT2D eigenvalue weighted by Crippen LogP contribution is -2.04. The van der Waals surface area contributed by atoms with Crippen LogP contribution in [0.2, 0.25) is 0 Å². The number of halogens is 3. The Balaban J connectivity index is 3.15. The molecule has 0 bridgehead atoms. The molecule has 0 aliphatic rings. The van der Waals surface area contributed by atoms with E-state index < -0.39 is 12.6 Å². The molecule has 0 aliphatic carbocycles. The molecular formula is C3H4F3S. The summed E-state index contributed by atoms with van der Waals surface area (Å²) in [5.41, 5.74) is 0. The molecule has 0 aromatic heterocycles. The van der Waals surface area contributed by atoms with Crippen molar-refractivity contribution in [2.24, 2.45) is 0 Å². The molecular weight excluding hydrogens is 125 g/mol. The van der Waals surface area contributed by atoms with Gasteiger partial charge in [-0.25, -0.2) is 0 Å². The fourth-order valence-electron chi connectivity index (χ4n) is 0.104. The maximum atomic E-state index is 11.0. The van der Waals surface area contributed by atoms with E-state index in [2.05, 4.69) is 12.6 Å². The van der Waals surface area contributed by atoms with Crippen LogP contribution in [-0.2, 0) is 0 Å². The largest absolute Gasteiger partial charge is 0.390 e.